The van der Waals surface area contributed by atoms with E-state index >= 15 is 0 Å². The molecular formula is C15H10ClF3N2O2. The second kappa shape index (κ2) is 6.70. The van der Waals surface area contributed by atoms with Gasteiger partial charge < -0.3 is 5.11 Å². The summed E-state index contributed by atoms with van der Waals surface area (Å²) >= 11 is 5.71. The minimum absolute atomic E-state index is 0.140. The molecule has 2 aromatic carbocycles. The van der Waals surface area contributed by atoms with Crippen molar-refractivity contribution in [1.82, 2.24) is 5.43 Å². The van der Waals surface area contributed by atoms with Crippen molar-refractivity contribution in [2.45, 2.75) is 6.18 Å². The number of phenols is 1. The van der Waals surface area contributed by atoms with Gasteiger partial charge in [-0.25, -0.2) is 5.43 Å². The van der Waals surface area contributed by atoms with E-state index in [-0.39, 0.29) is 21.9 Å². The van der Waals surface area contributed by atoms with Crippen molar-refractivity contribution in [1.29, 1.82) is 0 Å². The number of phenolic OH excluding ortho intramolecular Hbond substituents is 1. The molecule has 2 rings (SSSR count). The average Bonchev–Trinajstić information content (AvgIpc) is 2.49. The number of aromatic hydroxyl groups is 1. The quantitative estimate of drug-likeness (QED) is 0.658. The average molecular weight is 343 g/mol. The second-order valence-corrected chi connectivity index (χ2v) is 4.88. The first-order valence-electron chi connectivity index (χ1n) is 6.27. The van der Waals surface area contributed by atoms with Crippen LogP contribution in [0, 0.1) is 0 Å². The summed E-state index contributed by atoms with van der Waals surface area (Å²) in [5, 5.41) is 13.3. The van der Waals surface area contributed by atoms with Gasteiger partial charge in [0, 0.05) is 10.6 Å². The second-order valence-electron chi connectivity index (χ2n) is 4.45. The monoisotopic (exact) mass is 342 g/mol. The Morgan fingerprint density at radius 3 is 2.61 bits per heavy atom. The van der Waals surface area contributed by atoms with E-state index in [1.54, 1.807) is 0 Å². The molecular weight excluding hydrogens is 333 g/mol. The van der Waals surface area contributed by atoms with Crippen molar-refractivity contribution in [3.8, 4) is 5.75 Å². The zero-order valence-corrected chi connectivity index (χ0v) is 12.2. The Bertz CT molecular complexity index is 761. The third-order valence-corrected chi connectivity index (χ3v) is 3.07. The molecule has 0 atom stereocenters. The molecule has 0 aliphatic carbocycles. The van der Waals surface area contributed by atoms with Crippen molar-refractivity contribution in [2.24, 2.45) is 5.10 Å². The number of hydrazone groups is 1. The molecule has 2 aromatic rings. The van der Waals surface area contributed by atoms with E-state index in [1.165, 1.54) is 36.4 Å². The lowest BCUT2D eigenvalue weighted by molar-refractivity contribution is -0.137. The summed E-state index contributed by atoms with van der Waals surface area (Å²) in [6, 6.07) is 8.62. The summed E-state index contributed by atoms with van der Waals surface area (Å²) in [6.45, 7) is 0. The lowest BCUT2D eigenvalue weighted by Crippen LogP contribution is -2.18. The van der Waals surface area contributed by atoms with Crippen LogP contribution in [0.5, 0.6) is 5.75 Å². The van der Waals surface area contributed by atoms with Gasteiger partial charge in [-0.3, -0.25) is 4.79 Å². The summed E-state index contributed by atoms with van der Waals surface area (Å²) in [5.74, 6) is -1.12. The third-order valence-electron chi connectivity index (χ3n) is 2.84. The van der Waals surface area contributed by atoms with Gasteiger partial charge in [-0.05, 0) is 24.3 Å². The number of nitrogens with one attached hydrogen (secondary N) is 1. The van der Waals surface area contributed by atoms with Gasteiger partial charge in [0.1, 0.15) is 5.75 Å². The van der Waals surface area contributed by atoms with E-state index < -0.39 is 17.6 Å². The van der Waals surface area contributed by atoms with Crippen LogP contribution in [0.2, 0.25) is 5.02 Å². The molecule has 0 aliphatic rings. The van der Waals surface area contributed by atoms with Crippen molar-refractivity contribution < 1.29 is 23.1 Å². The number of hydrogen-bond acceptors (Lipinski definition) is 3. The standard InChI is InChI=1S/C15H10ClF3N2O2/c16-10-5-6-13(22)11(7-10)14(23)21-20-8-9-3-1-2-4-12(9)15(17,18)19/h1-8,22H,(H,21,23)/b20-8-. The first-order chi connectivity index (χ1) is 10.8. The lowest BCUT2D eigenvalue weighted by Gasteiger charge is -2.09. The van der Waals surface area contributed by atoms with Crippen LogP contribution in [0.15, 0.2) is 47.6 Å². The minimum Gasteiger partial charge on any atom is -0.507 e. The van der Waals surface area contributed by atoms with E-state index in [4.69, 9.17) is 11.6 Å². The molecule has 0 heterocycles. The highest BCUT2D eigenvalue weighted by Crippen LogP contribution is 2.31. The van der Waals surface area contributed by atoms with Crippen molar-refractivity contribution >= 4 is 23.7 Å². The van der Waals surface area contributed by atoms with Crippen LogP contribution in [0.25, 0.3) is 0 Å². The van der Waals surface area contributed by atoms with Crippen molar-refractivity contribution in [3.63, 3.8) is 0 Å². The summed E-state index contributed by atoms with van der Waals surface area (Å²) < 4.78 is 38.4. The minimum atomic E-state index is -4.53. The summed E-state index contributed by atoms with van der Waals surface area (Å²) in [7, 11) is 0. The van der Waals surface area contributed by atoms with Crippen LogP contribution in [0.3, 0.4) is 0 Å². The lowest BCUT2D eigenvalue weighted by atomic mass is 10.1. The number of hydrogen-bond donors (Lipinski definition) is 2. The van der Waals surface area contributed by atoms with Gasteiger partial charge in [0.25, 0.3) is 5.91 Å². The van der Waals surface area contributed by atoms with Gasteiger partial charge in [-0.2, -0.15) is 18.3 Å². The van der Waals surface area contributed by atoms with Gasteiger partial charge in [0.05, 0.1) is 17.3 Å². The zero-order chi connectivity index (χ0) is 17.0. The number of alkyl halides is 3. The number of benzene rings is 2. The molecule has 4 nitrogen and oxygen atoms in total. The molecule has 0 aliphatic heterocycles. The number of rotatable bonds is 3. The molecule has 120 valence electrons. The molecule has 0 unspecified atom stereocenters. The van der Waals surface area contributed by atoms with E-state index in [1.807, 2.05) is 5.43 Å². The molecule has 2 N–H and O–H groups in total. The third kappa shape index (κ3) is 4.23. The molecule has 0 spiro atoms. The van der Waals surface area contributed by atoms with E-state index in [2.05, 4.69) is 5.10 Å². The maximum atomic E-state index is 12.8. The number of amides is 1. The van der Waals surface area contributed by atoms with Crippen molar-refractivity contribution in [3.05, 3.63) is 64.2 Å². The van der Waals surface area contributed by atoms with E-state index in [0.717, 1.165) is 12.3 Å². The highest BCUT2D eigenvalue weighted by Gasteiger charge is 2.32. The fourth-order valence-electron chi connectivity index (χ4n) is 1.78. The molecule has 0 saturated carbocycles. The van der Waals surface area contributed by atoms with Crippen LogP contribution < -0.4 is 5.43 Å². The predicted octanol–water partition coefficient (Wildman–Crippen LogP) is 3.83. The van der Waals surface area contributed by atoms with E-state index in [0.29, 0.717) is 0 Å². The van der Waals surface area contributed by atoms with Gasteiger partial charge in [-0.15, -0.1) is 0 Å². The van der Waals surface area contributed by atoms with Crippen molar-refractivity contribution in [2.75, 3.05) is 0 Å². The normalized spacial score (nSPS) is 11.7. The molecule has 0 bridgehead atoms. The molecule has 0 radical (unpaired) electrons. The fourth-order valence-corrected chi connectivity index (χ4v) is 1.95. The highest BCUT2D eigenvalue weighted by atomic mass is 35.5. The highest BCUT2D eigenvalue weighted by molar-refractivity contribution is 6.31. The Morgan fingerprint density at radius 1 is 1.22 bits per heavy atom. The van der Waals surface area contributed by atoms with Crippen LogP contribution in [-0.4, -0.2) is 17.2 Å². The molecule has 0 fully saturated rings. The SMILES string of the molecule is O=C(N/N=C\c1ccccc1C(F)(F)F)c1cc(Cl)ccc1O. The van der Waals surface area contributed by atoms with Gasteiger partial charge in [0.2, 0.25) is 0 Å². The maximum Gasteiger partial charge on any atom is 0.417 e. The number of carbonyl (C=O) groups excluding carboxylic acids is 1. The largest absolute Gasteiger partial charge is 0.507 e. The smallest absolute Gasteiger partial charge is 0.417 e. The Kier molecular flexibility index (Phi) is 4.90. The Hall–Kier alpha value is -2.54. The molecule has 0 saturated heterocycles. The first-order valence-corrected chi connectivity index (χ1v) is 6.65. The van der Waals surface area contributed by atoms with Gasteiger partial charge >= 0.3 is 6.18 Å². The summed E-state index contributed by atoms with van der Waals surface area (Å²) in [5.41, 5.74) is 0.828. The number of halogens is 4. The Morgan fingerprint density at radius 2 is 1.91 bits per heavy atom. The molecule has 1 amide bonds. The maximum absolute atomic E-state index is 12.8. The van der Waals surface area contributed by atoms with Crippen LogP contribution >= 0.6 is 11.6 Å². The molecule has 0 aromatic heterocycles. The van der Waals surface area contributed by atoms with Crippen LogP contribution in [0.4, 0.5) is 13.2 Å². The number of nitrogens with zero attached hydrogens (tertiary/aromatic N) is 1. The first kappa shape index (κ1) is 16.8. The van der Waals surface area contributed by atoms with Crippen LogP contribution in [-0.2, 0) is 6.18 Å². The Balaban J connectivity index is 2.17. The Labute approximate surface area is 134 Å². The van der Waals surface area contributed by atoms with Gasteiger partial charge in [-0.1, -0.05) is 29.8 Å². The summed E-state index contributed by atoms with van der Waals surface area (Å²) in [4.78, 5) is 11.8. The zero-order valence-electron chi connectivity index (χ0n) is 11.4. The topological polar surface area (TPSA) is 61.7 Å². The molecule has 8 heteroatoms. The van der Waals surface area contributed by atoms with Crippen LogP contribution in [0.1, 0.15) is 21.5 Å². The van der Waals surface area contributed by atoms with E-state index in [9.17, 15) is 23.1 Å². The fraction of sp³-hybridized carbons (Fsp3) is 0.0667. The molecule has 23 heavy (non-hydrogen) atoms. The predicted molar refractivity (Wildman–Crippen MR) is 79.6 cm³/mol. The summed E-state index contributed by atoms with van der Waals surface area (Å²) in [6.07, 6.45) is -3.65. The number of carbonyl (C=O) groups is 1. The van der Waals surface area contributed by atoms with Gasteiger partial charge in [0.15, 0.2) is 0 Å².